The van der Waals surface area contributed by atoms with Gasteiger partial charge in [-0.1, -0.05) is 53.4 Å². The van der Waals surface area contributed by atoms with Crippen LogP contribution in [0.15, 0.2) is 0 Å². The lowest BCUT2D eigenvalue weighted by Gasteiger charge is -2.43. The van der Waals surface area contributed by atoms with Crippen molar-refractivity contribution in [1.29, 1.82) is 0 Å². The highest BCUT2D eigenvalue weighted by Gasteiger charge is 2.42. The van der Waals surface area contributed by atoms with Crippen molar-refractivity contribution >= 4 is 0 Å². The lowest BCUT2D eigenvalue weighted by Crippen LogP contribution is -2.48. The molecule has 0 radical (unpaired) electrons. The molecule has 1 saturated carbocycles. The molecule has 0 heterocycles. The van der Waals surface area contributed by atoms with Gasteiger partial charge in [-0.2, -0.15) is 0 Å². The van der Waals surface area contributed by atoms with Crippen LogP contribution in [0.4, 0.5) is 0 Å². The monoisotopic (exact) mass is 228 g/mol. The molecule has 1 unspecified atom stereocenters. The summed E-state index contributed by atoms with van der Waals surface area (Å²) in [6, 6.07) is 0. The van der Waals surface area contributed by atoms with Crippen LogP contribution in [0.2, 0.25) is 0 Å². The number of ether oxygens (including phenoxy) is 1. The van der Waals surface area contributed by atoms with Crippen LogP contribution in [0.5, 0.6) is 0 Å². The zero-order valence-electron chi connectivity index (χ0n) is 11.4. The normalized spacial score (nSPS) is 23.1. The molecule has 96 valence electrons. The van der Waals surface area contributed by atoms with E-state index in [1.54, 1.807) is 0 Å². The van der Waals surface area contributed by atoms with E-state index in [2.05, 4.69) is 27.7 Å². The molecule has 0 amide bonds. The average Bonchev–Trinajstić information content (AvgIpc) is 2.17. The third-order valence-electron chi connectivity index (χ3n) is 3.67. The Morgan fingerprint density at radius 2 is 1.69 bits per heavy atom. The fourth-order valence-electron chi connectivity index (χ4n) is 2.41. The van der Waals surface area contributed by atoms with E-state index in [0.717, 1.165) is 25.7 Å². The SMILES string of the molecule is CCCC(O)(OC1CCCCC1)C(C)(C)C. The Labute approximate surface area is 100 Å². The van der Waals surface area contributed by atoms with E-state index in [9.17, 15) is 5.11 Å². The Morgan fingerprint density at radius 1 is 1.12 bits per heavy atom. The predicted molar refractivity (Wildman–Crippen MR) is 67.3 cm³/mol. The van der Waals surface area contributed by atoms with Crippen LogP contribution in [0.1, 0.15) is 72.6 Å². The molecular weight excluding hydrogens is 200 g/mol. The van der Waals surface area contributed by atoms with Crippen LogP contribution in [-0.4, -0.2) is 17.0 Å². The van der Waals surface area contributed by atoms with Gasteiger partial charge >= 0.3 is 0 Å². The van der Waals surface area contributed by atoms with E-state index in [1.165, 1.54) is 19.3 Å². The average molecular weight is 228 g/mol. The van der Waals surface area contributed by atoms with Crippen molar-refractivity contribution in [3.05, 3.63) is 0 Å². The number of rotatable bonds is 4. The molecule has 0 saturated heterocycles. The third kappa shape index (κ3) is 3.46. The summed E-state index contributed by atoms with van der Waals surface area (Å²) >= 11 is 0. The largest absolute Gasteiger partial charge is 0.365 e. The minimum absolute atomic E-state index is 0.208. The van der Waals surface area contributed by atoms with E-state index in [0.29, 0.717) is 0 Å². The first kappa shape index (κ1) is 14.0. The fraction of sp³-hybridized carbons (Fsp3) is 1.00. The van der Waals surface area contributed by atoms with Gasteiger partial charge in [-0.15, -0.1) is 0 Å². The molecule has 1 aliphatic rings. The standard InChI is InChI=1S/C14H28O2/c1-5-11-14(15,13(2,3)4)16-12-9-7-6-8-10-12/h12,15H,5-11H2,1-4H3. The predicted octanol–water partition coefficient (Wildman–Crippen LogP) is 3.87. The molecule has 0 spiro atoms. The maximum absolute atomic E-state index is 10.7. The molecule has 1 fully saturated rings. The Balaban J connectivity index is 2.62. The lowest BCUT2D eigenvalue weighted by atomic mass is 9.82. The molecule has 1 N–H and O–H groups in total. The molecule has 2 nitrogen and oxygen atoms in total. The van der Waals surface area contributed by atoms with Crippen LogP contribution >= 0.6 is 0 Å². The second-order valence-electron chi connectivity index (χ2n) is 6.16. The molecule has 1 atom stereocenters. The van der Waals surface area contributed by atoms with Gasteiger partial charge in [0.15, 0.2) is 5.79 Å². The van der Waals surface area contributed by atoms with E-state index in [4.69, 9.17) is 4.74 Å². The van der Waals surface area contributed by atoms with Crippen molar-refractivity contribution in [2.45, 2.75) is 84.5 Å². The minimum atomic E-state index is -0.955. The highest BCUT2D eigenvalue weighted by atomic mass is 16.6. The maximum atomic E-state index is 10.7. The van der Waals surface area contributed by atoms with Crippen molar-refractivity contribution in [1.82, 2.24) is 0 Å². The van der Waals surface area contributed by atoms with Crippen LogP contribution in [0.25, 0.3) is 0 Å². The smallest absolute Gasteiger partial charge is 0.170 e. The first-order valence-corrected chi connectivity index (χ1v) is 6.79. The second-order valence-corrected chi connectivity index (χ2v) is 6.16. The molecule has 0 bridgehead atoms. The summed E-state index contributed by atoms with van der Waals surface area (Å²) in [4.78, 5) is 0. The van der Waals surface area contributed by atoms with Gasteiger partial charge in [-0.05, 0) is 12.8 Å². The summed E-state index contributed by atoms with van der Waals surface area (Å²) in [5, 5.41) is 10.7. The van der Waals surface area contributed by atoms with E-state index in [1.807, 2.05) is 0 Å². The number of hydrogen-bond donors (Lipinski definition) is 1. The molecular formula is C14H28O2. The summed E-state index contributed by atoms with van der Waals surface area (Å²) < 4.78 is 6.04. The third-order valence-corrected chi connectivity index (χ3v) is 3.67. The first-order chi connectivity index (χ1) is 7.39. The molecule has 0 aliphatic heterocycles. The van der Waals surface area contributed by atoms with Gasteiger partial charge in [0.25, 0.3) is 0 Å². The molecule has 1 rings (SSSR count). The van der Waals surface area contributed by atoms with Gasteiger partial charge in [0.2, 0.25) is 0 Å². The van der Waals surface area contributed by atoms with Gasteiger partial charge in [0.1, 0.15) is 0 Å². The summed E-state index contributed by atoms with van der Waals surface area (Å²) in [5.41, 5.74) is -0.208. The highest BCUT2D eigenvalue weighted by molar-refractivity contribution is 4.84. The number of aliphatic hydroxyl groups is 1. The zero-order valence-corrected chi connectivity index (χ0v) is 11.4. The van der Waals surface area contributed by atoms with Crippen molar-refractivity contribution in [3.63, 3.8) is 0 Å². The maximum Gasteiger partial charge on any atom is 0.170 e. The van der Waals surface area contributed by atoms with Crippen LogP contribution < -0.4 is 0 Å². The molecule has 2 heteroatoms. The minimum Gasteiger partial charge on any atom is -0.365 e. The lowest BCUT2D eigenvalue weighted by molar-refractivity contribution is -0.289. The van der Waals surface area contributed by atoms with Gasteiger partial charge in [0.05, 0.1) is 6.10 Å². The van der Waals surface area contributed by atoms with Gasteiger partial charge in [-0.25, -0.2) is 0 Å². The van der Waals surface area contributed by atoms with Crippen LogP contribution in [0, 0.1) is 5.41 Å². The van der Waals surface area contributed by atoms with Gasteiger partial charge in [0, 0.05) is 11.8 Å². The summed E-state index contributed by atoms with van der Waals surface area (Å²) in [7, 11) is 0. The van der Waals surface area contributed by atoms with Gasteiger partial charge in [-0.3, -0.25) is 0 Å². The molecule has 0 aromatic heterocycles. The molecule has 1 aliphatic carbocycles. The Bertz CT molecular complexity index is 201. The first-order valence-electron chi connectivity index (χ1n) is 6.79. The summed E-state index contributed by atoms with van der Waals surface area (Å²) in [6.45, 7) is 8.28. The van der Waals surface area contributed by atoms with Crippen molar-refractivity contribution in [2.24, 2.45) is 5.41 Å². The molecule has 16 heavy (non-hydrogen) atoms. The molecule has 0 aromatic rings. The Morgan fingerprint density at radius 3 is 2.12 bits per heavy atom. The van der Waals surface area contributed by atoms with Crippen molar-refractivity contribution < 1.29 is 9.84 Å². The van der Waals surface area contributed by atoms with Crippen LogP contribution in [0.3, 0.4) is 0 Å². The fourth-order valence-corrected chi connectivity index (χ4v) is 2.41. The van der Waals surface area contributed by atoms with Crippen molar-refractivity contribution in [3.8, 4) is 0 Å². The number of hydrogen-bond acceptors (Lipinski definition) is 2. The quantitative estimate of drug-likeness (QED) is 0.740. The highest BCUT2D eigenvalue weighted by Crippen LogP contribution is 2.38. The van der Waals surface area contributed by atoms with E-state index >= 15 is 0 Å². The van der Waals surface area contributed by atoms with Crippen LogP contribution in [-0.2, 0) is 4.74 Å². The summed E-state index contributed by atoms with van der Waals surface area (Å²) in [6.07, 6.45) is 8.00. The van der Waals surface area contributed by atoms with E-state index < -0.39 is 5.79 Å². The Kier molecular flexibility index (Phi) is 4.81. The Hall–Kier alpha value is -0.0800. The van der Waals surface area contributed by atoms with Crippen molar-refractivity contribution in [2.75, 3.05) is 0 Å². The zero-order chi connectivity index (χ0) is 12.2. The second kappa shape index (κ2) is 5.50. The van der Waals surface area contributed by atoms with Gasteiger partial charge < -0.3 is 9.84 Å². The topological polar surface area (TPSA) is 29.5 Å². The summed E-state index contributed by atoms with van der Waals surface area (Å²) in [5.74, 6) is -0.955. The molecule has 0 aromatic carbocycles. The van der Waals surface area contributed by atoms with E-state index in [-0.39, 0.29) is 11.5 Å².